The molecule has 0 amide bonds. The van der Waals surface area contributed by atoms with Crippen molar-refractivity contribution in [3.8, 4) is 5.75 Å². The van der Waals surface area contributed by atoms with Crippen LogP contribution in [0, 0.1) is 0 Å². The Kier molecular flexibility index (Phi) is 5.63. The first-order valence-corrected chi connectivity index (χ1v) is 5.47. The van der Waals surface area contributed by atoms with E-state index >= 15 is 0 Å². The van der Waals surface area contributed by atoms with Gasteiger partial charge < -0.3 is 9.84 Å². The molecule has 0 saturated carbocycles. The van der Waals surface area contributed by atoms with E-state index in [0.717, 1.165) is 12.8 Å². The van der Waals surface area contributed by atoms with Crippen LogP contribution < -0.4 is 4.74 Å². The molecule has 4 heteroatoms. The number of rotatable bonds is 7. The zero-order valence-corrected chi connectivity index (χ0v) is 9.48. The van der Waals surface area contributed by atoms with Crippen molar-refractivity contribution in [2.45, 2.75) is 32.0 Å². The van der Waals surface area contributed by atoms with E-state index in [2.05, 4.69) is 11.3 Å². The second kappa shape index (κ2) is 7.01. The number of halogens is 2. The molecule has 0 saturated heterocycles. The van der Waals surface area contributed by atoms with Gasteiger partial charge >= 0.3 is 6.61 Å². The molecule has 1 aromatic carbocycles. The number of hydrogen-bond acceptors (Lipinski definition) is 2. The van der Waals surface area contributed by atoms with Crippen molar-refractivity contribution in [2.24, 2.45) is 0 Å². The lowest BCUT2D eigenvalue weighted by Crippen LogP contribution is -2.03. The lowest BCUT2D eigenvalue weighted by Gasteiger charge is -2.12. The Bertz CT molecular complexity index is 353. The Morgan fingerprint density at radius 1 is 1.41 bits per heavy atom. The molecular weight excluding hydrogens is 226 g/mol. The summed E-state index contributed by atoms with van der Waals surface area (Å²) in [5.41, 5.74) is 0.590. The smallest absolute Gasteiger partial charge is 0.387 e. The monoisotopic (exact) mass is 242 g/mol. The number of hydrogen-bond donors (Lipinski definition) is 1. The summed E-state index contributed by atoms with van der Waals surface area (Å²) >= 11 is 0. The van der Waals surface area contributed by atoms with Crippen molar-refractivity contribution >= 4 is 0 Å². The van der Waals surface area contributed by atoms with Gasteiger partial charge in [-0.3, -0.25) is 0 Å². The largest absolute Gasteiger partial charge is 0.435 e. The van der Waals surface area contributed by atoms with Crippen LogP contribution in [-0.4, -0.2) is 11.7 Å². The summed E-state index contributed by atoms with van der Waals surface area (Å²) in [5, 5.41) is 9.83. The maximum absolute atomic E-state index is 12.0. The van der Waals surface area contributed by atoms with E-state index in [1.54, 1.807) is 18.2 Å². The summed E-state index contributed by atoms with van der Waals surface area (Å²) < 4.78 is 28.3. The summed E-state index contributed by atoms with van der Waals surface area (Å²) in [6.07, 6.45) is 3.33. The van der Waals surface area contributed by atoms with Gasteiger partial charge in [0.15, 0.2) is 0 Å². The minimum atomic E-state index is -2.84. The zero-order chi connectivity index (χ0) is 12.7. The van der Waals surface area contributed by atoms with Crippen LogP contribution in [0.25, 0.3) is 0 Å². The van der Waals surface area contributed by atoms with E-state index in [0.29, 0.717) is 12.0 Å². The van der Waals surface area contributed by atoms with Gasteiger partial charge in [0, 0.05) is 0 Å². The number of aliphatic hydroxyl groups excluding tert-OH is 1. The third-order valence-corrected chi connectivity index (χ3v) is 2.35. The third-order valence-electron chi connectivity index (χ3n) is 2.35. The highest BCUT2D eigenvalue weighted by Crippen LogP contribution is 2.24. The highest BCUT2D eigenvalue weighted by Gasteiger charge is 2.09. The van der Waals surface area contributed by atoms with Crippen LogP contribution in [-0.2, 0) is 0 Å². The van der Waals surface area contributed by atoms with Gasteiger partial charge in [0.1, 0.15) is 5.75 Å². The maximum atomic E-state index is 12.0. The summed E-state index contributed by atoms with van der Waals surface area (Å²) in [6, 6.07) is 6.15. The Balaban J connectivity index is 2.60. The number of aliphatic hydroxyl groups is 1. The van der Waals surface area contributed by atoms with E-state index in [4.69, 9.17) is 0 Å². The van der Waals surface area contributed by atoms with Gasteiger partial charge in [0.05, 0.1) is 6.10 Å². The fourth-order valence-corrected chi connectivity index (χ4v) is 1.52. The summed E-state index contributed by atoms with van der Waals surface area (Å²) in [4.78, 5) is 0. The molecule has 0 radical (unpaired) electrons. The topological polar surface area (TPSA) is 29.5 Å². The number of allylic oxidation sites excluding steroid dienone is 1. The van der Waals surface area contributed by atoms with Crippen LogP contribution >= 0.6 is 0 Å². The molecule has 0 bridgehead atoms. The number of benzene rings is 1. The van der Waals surface area contributed by atoms with Crippen molar-refractivity contribution in [1.29, 1.82) is 0 Å². The molecule has 0 aliphatic heterocycles. The Morgan fingerprint density at radius 2 is 2.18 bits per heavy atom. The van der Waals surface area contributed by atoms with Gasteiger partial charge in [0.2, 0.25) is 0 Å². The maximum Gasteiger partial charge on any atom is 0.387 e. The lowest BCUT2D eigenvalue weighted by atomic mass is 10.0. The first kappa shape index (κ1) is 13.6. The van der Waals surface area contributed by atoms with Gasteiger partial charge in [-0.25, -0.2) is 0 Å². The second-order valence-corrected chi connectivity index (χ2v) is 3.69. The molecule has 1 unspecified atom stereocenters. The molecule has 0 aromatic heterocycles. The molecule has 1 atom stereocenters. The first-order chi connectivity index (χ1) is 8.13. The van der Waals surface area contributed by atoms with Crippen molar-refractivity contribution < 1.29 is 18.6 Å². The SMILES string of the molecule is C=CCCCC(O)c1cccc(OC(F)F)c1. The molecule has 1 rings (SSSR count). The molecule has 0 fully saturated rings. The Morgan fingerprint density at radius 3 is 2.82 bits per heavy atom. The van der Waals surface area contributed by atoms with Crippen molar-refractivity contribution in [2.75, 3.05) is 0 Å². The first-order valence-electron chi connectivity index (χ1n) is 5.47. The third kappa shape index (κ3) is 4.95. The molecule has 17 heavy (non-hydrogen) atoms. The average molecular weight is 242 g/mol. The minimum Gasteiger partial charge on any atom is -0.435 e. The molecule has 0 aliphatic carbocycles. The van der Waals surface area contributed by atoms with Gasteiger partial charge in [-0.15, -0.1) is 6.58 Å². The quantitative estimate of drug-likeness (QED) is 0.583. The normalized spacial score (nSPS) is 12.5. The lowest BCUT2D eigenvalue weighted by molar-refractivity contribution is -0.0499. The standard InChI is InChI=1S/C13H16F2O2/c1-2-3-4-8-12(16)10-6-5-7-11(9-10)17-13(14)15/h2,5-7,9,12-13,16H,1,3-4,8H2. The van der Waals surface area contributed by atoms with E-state index in [9.17, 15) is 13.9 Å². The van der Waals surface area contributed by atoms with Crippen molar-refractivity contribution in [3.63, 3.8) is 0 Å². The fraction of sp³-hybridized carbons (Fsp3) is 0.385. The van der Waals surface area contributed by atoms with E-state index in [1.807, 2.05) is 0 Å². The van der Waals surface area contributed by atoms with Crippen molar-refractivity contribution in [3.05, 3.63) is 42.5 Å². The number of ether oxygens (including phenoxy) is 1. The Labute approximate surface area is 99.5 Å². The summed E-state index contributed by atoms with van der Waals surface area (Å²) in [5.74, 6) is 0.0697. The van der Waals surface area contributed by atoms with Crippen LogP contribution in [0.5, 0.6) is 5.75 Å². The van der Waals surface area contributed by atoms with E-state index in [1.165, 1.54) is 12.1 Å². The second-order valence-electron chi connectivity index (χ2n) is 3.69. The highest BCUT2D eigenvalue weighted by molar-refractivity contribution is 5.29. The number of alkyl halides is 2. The van der Waals surface area contributed by atoms with E-state index < -0.39 is 12.7 Å². The molecule has 0 aliphatic rings. The Hall–Kier alpha value is -1.42. The predicted octanol–water partition coefficient (Wildman–Crippen LogP) is 3.68. The van der Waals surface area contributed by atoms with Crippen LogP contribution in [0.4, 0.5) is 8.78 Å². The van der Waals surface area contributed by atoms with Crippen molar-refractivity contribution in [1.82, 2.24) is 0 Å². The molecule has 0 heterocycles. The number of unbranched alkanes of at least 4 members (excludes halogenated alkanes) is 1. The molecule has 94 valence electrons. The van der Waals surface area contributed by atoms with Gasteiger partial charge in [-0.05, 0) is 37.0 Å². The molecule has 1 aromatic rings. The van der Waals surface area contributed by atoms with Crippen LogP contribution in [0.3, 0.4) is 0 Å². The molecule has 1 N–H and O–H groups in total. The van der Waals surface area contributed by atoms with Gasteiger partial charge in [0.25, 0.3) is 0 Å². The van der Waals surface area contributed by atoms with Crippen LogP contribution in [0.1, 0.15) is 30.9 Å². The van der Waals surface area contributed by atoms with E-state index in [-0.39, 0.29) is 5.75 Å². The van der Waals surface area contributed by atoms with Crippen LogP contribution in [0.15, 0.2) is 36.9 Å². The minimum absolute atomic E-state index is 0.0697. The zero-order valence-electron chi connectivity index (χ0n) is 9.48. The highest BCUT2D eigenvalue weighted by atomic mass is 19.3. The summed E-state index contributed by atoms with van der Waals surface area (Å²) in [6.45, 7) is 0.748. The fourth-order valence-electron chi connectivity index (χ4n) is 1.52. The molecule has 0 spiro atoms. The van der Waals surface area contributed by atoms with Crippen LogP contribution in [0.2, 0.25) is 0 Å². The summed E-state index contributed by atoms with van der Waals surface area (Å²) in [7, 11) is 0. The average Bonchev–Trinajstić information content (AvgIpc) is 2.28. The molecule has 2 nitrogen and oxygen atoms in total. The van der Waals surface area contributed by atoms with Gasteiger partial charge in [-0.1, -0.05) is 18.2 Å². The predicted molar refractivity (Wildman–Crippen MR) is 62.1 cm³/mol. The van der Waals surface area contributed by atoms with Gasteiger partial charge in [-0.2, -0.15) is 8.78 Å². The molecular formula is C13H16F2O2.